The van der Waals surface area contributed by atoms with Gasteiger partial charge in [0.1, 0.15) is 0 Å². The highest BCUT2D eigenvalue weighted by atomic mass is 16.5. The first-order valence-electron chi connectivity index (χ1n) is 6.52. The summed E-state index contributed by atoms with van der Waals surface area (Å²) in [5.41, 5.74) is 0. The van der Waals surface area contributed by atoms with Gasteiger partial charge in [0.2, 0.25) is 0 Å². The van der Waals surface area contributed by atoms with E-state index in [9.17, 15) is 4.79 Å². The summed E-state index contributed by atoms with van der Waals surface area (Å²) in [6.45, 7) is 9.74. The van der Waals surface area contributed by atoms with Gasteiger partial charge in [-0.05, 0) is 45.2 Å². The second-order valence-electron chi connectivity index (χ2n) is 4.99. The first-order chi connectivity index (χ1) is 7.63. The van der Waals surface area contributed by atoms with Crippen molar-refractivity contribution in [3.63, 3.8) is 0 Å². The Kier molecular flexibility index (Phi) is 5.81. The third kappa shape index (κ3) is 4.52. The molecule has 0 radical (unpaired) electrons. The van der Waals surface area contributed by atoms with Crippen LogP contribution < -0.4 is 0 Å². The molecule has 1 aliphatic heterocycles. The summed E-state index contributed by atoms with van der Waals surface area (Å²) < 4.78 is 5.03. The van der Waals surface area contributed by atoms with Crippen LogP contribution in [-0.2, 0) is 9.53 Å². The normalized spacial score (nSPS) is 24.8. The highest BCUT2D eigenvalue weighted by Gasteiger charge is 2.20. The minimum absolute atomic E-state index is 0.00774. The van der Waals surface area contributed by atoms with Gasteiger partial charge >= 0.3 is 5.97 Å². The standard InChI is InChI=1S/C13H25NO2/c1-4-16-13(15)12(3)10-14-8-5-6-11(2)7-9-14/h11-12H,4-10H2,1-3H3. The first kappa shape index (κ1) is 13.5. The lowest BCUT2D eigenvalue weighted by atomic mass is 10.0. The number of nitrogens with zero attached hydrogens (tertiary/aromatic N) is 1. The molecule has 3 heteroatoms. The SMILES string of the molecule is CCOC(=O)C(C)CN1CCCC(C)CC1. The number of carbonyl (C=O) groups is 1. The van der Waals surface area contributed by atoms with Crippen LogP contribution in [0.25, 0.3) is 0 Å². The van der Waals surface area contributed by atoms with Crippen molar-refractivity contribution in [2.24, 2.45) is 11.8 Å². The van der Waals surface area contributed by atoms with Crippen LogP contribution in [0.4, 0.5) is 0 Å². The quantitative estimate of drug-likeness (QED) is 0.690. The van der Waals surface area contributed by atoms with E-state index >= 15 is 0 Å². The fourth-order valence-corrected chi connectivity index (χ4v) is 2.25. The third-order valence-electron chi connectivity index (χ3n) is 3.33. The molecule has 0 spiro atoms. The van der Waals surface area contributed by atoms with Gasteiger partial charge in [-0.25, -0.2) is 0 Å². The first-order valence-corrected chi connectivity index (χ1v) is 6.52. The van der Waals surface area contributed by atoms with Gasteiger partial charge in [-0.3, -0.25) is 4.79 Å². The minimum atomic E-state index is -0.0557. The van der Waals surface area contributed by atoms with Crippen LogP contribution in [-0.4, -0.2) is 37.1 Å². The molecule has 2 atom stereocenters. The lowest BCUT2D eigenvalue weighted by Crippen LogP contribution is -2.33. The molecule has 1 heterocycles. The number of hydrogen-bond acceptors (Lipinski definition) is 3. The summed E-state index contributed by atoms with van der Waals surface area (Å²) in [6.07, 6.45) is 3.84. The van der Waals surface area contributed by atoms with E-state index in [1.54, 1.807) is 0 Å². The Labute approximate surface area is 99.1 Å². The van der Waals surface area contributed by atoms with Gasteiger partial charge in [-0.2, -0.15) is 0 Å². The van der Waals surface area contributed by atoms with E-state index in [4.69, 9.17) is 4.74 Å². The molecule has 1 fully saturated rings. The highest BCUT2D eigenvalue weighted by molar-refractivity contribution is 5.72. The van der Waals surface area contributed by atoms with Crippen molar-refractivity contribution in [2.75, 3.05) is 26.2 Å². The van der Waals surface area contributed by atoms with Crippen molar-refractivity contribution in [3.05, 3.63) is 0 Å². The van der Waals surface area contributed by atoms with Crippen molar-refractivity contribution in [1.29, 1.82) is 0 Å². The molecule has 0 bridgehead atoms. The summed E-state index contributed by atoms with van der Waals surface area (Å²) >= 11 is 0. The smallest absolute Gasteiger partial charge is 0.309 e. The summed E-state index contributed by atoms with van der Waals surface area (Å²) in [5, 5.41) is 0. The lowest BCUT2D eigenvalue weighted by Gasteiger charge is -2.22. The summed E-state index contributed by atoms with van der Waals surface area (Å²) in [5.74, 6) is 0.788. The van der Waals surface area contributed by atoms with E-state index in [2.05, 4.69) is 11.8 Å². The van der Waals surface area contributed by atoms with E-state index < -0.39 is 0 Å². The Balaban J connectivity index is 2.32. The zero-order valence-corrected chi connectivity index (χ0v) is 10.9. The predicted octanol–water partition coefficient (Wildman–Crippen LogP) is 2.31. The van der Waals surface area contributed by atoms with Crippen molar-refractivity contribution in [1.82, 2.24) is 4.90 Å². The Bertz CT molecular complexity index is 218. The van der Waals surface area contributed by atoms with E-state index in [-0.39, 0.29) is 11.9 Å². The molecule has 3 nitrogen and oxygen atoms in total. The number of hydrogen-bond donors (Lipinski definition) is 0. The van der Waals surface area contributed by atoms with Crippen LogP contribution in [0.5, 0.6) is 0 Å². The average molecular weight is 227 g/mol. The molecule has 0 aromatic rings. The average Bonchev–Trinajstić information content (AvgIpc) is 2.44. The second-order valence-corrected chi connectivity index (χ2v) is 4.99. The van der Waals surface area contributed by atoms with Gasteiger partial charge in [0.25, 0.3) is 0 Å². The van der Waals surface area contributed by atoms with Crippen LogP contribution in [0, 0.1) is 11.8 Å². The Morgan fingerprint density at radius 2 is 2.19 bits per heavy atom. The maximum atomic E-state index is 11.5. The molecule has 94 valence electrons. The summed E-state index contributed by atoms with van der Waals surface area (Å²) in [7, 11) is 0. The predicted molar refractivity (Wildman–Crippen MR) is 65.3 cm³/mol. The number of rotatable bonds is 4. The van der Waals surface area contributed by atoms with Crippen molar-refractivity contribution < 1.29 is 9.53 Å². The Morgan fingerprint density at radius 1 is 1.44 bits per heavy atom. The molecule has 0 N–H and O–H groups in total. The van der Waals surface area contributed by atoms with Crippen LogP contribution in [0.3, 0.4) is 0 Å². The largest absolute Gasteiger partial charge is 0.466 e. The van der Waals surface area contributed by atoms with E-state index in [1.165, 1.54) is 19.3 Å². The zero-order chi connectivity index (χ0) is 12.0. The maximum Gasteiger partial charge on any atom is 0.309 e. The number of likely N-dealkylation sites (tertiary alicyclic amines) is 1. The number of carbonyl (C=O) groups excluding carboxylic acids is 1. The third-order valence-corrected chi connectivity index (χ3v) is 3.33. The van der Waals surface area contributed by atoms with Gasteiger partial charge in [0.05, 0.1) is 12.5 Å². The van der Waals surface area contributed by atoms with Crippen LogP contribution in [0.2, 0.25) is 0 Å². The lowest BCUT2D eigenvalue weighted by molar-refractivity contribution is -0.148. The van der Waals surface area contributed by atoms with Gasteiger partial charge in [0.15, 0.2) is 0 Å². The van der Waals surface area contributed by atoms with Crippen molar-refractivity contribution in [3.8, 4) is 0 Å². The molecule has 0 aromatic heterocycles. The van der Waals surface area contributed by atoms with Crippen LogP contribution >= 0.6 is 0 Å². The molecular weight excluding hydrogens is 202 g/mol. The molecule has 1 rings (SSSR count). The fourth-order valence-electron chi connectivity index (χ4n) is 2.25. The fraction of sp³-hybridized carbons (Fsp3) is 0.923. The zero-order valence-electron chi connectivity index (χ0n) is 10.9. The Morgan fingerprint density at radius 3 is 2.88 bits per heavy atom. The molecule has 0 aromatic carbocycles. The van der Waals surface area contributed by atoms with E-state index in [1.807, 2.05) is 13.8 Å². The molecule has 0 saturated carbocycles. The summed E-state index contributed by atoms with van der Waals surface area (Å²) in [4.78, 5) is 13.9. The minimum Gasteiger partial charge on any atom is -0.466 e. The van der Waals surface area contributed by atoms with Crippen LogP contribution in [0.15, 0.2) is 0 Å². The van der Waals surface area contributed by atoms with E-state index in [0.29, 0.717) is 6.61 Å². The van der Waals surface area contributed by atoms with Crippen molar-refractivity contribution >= 4 is 5.97 Å². The van der Waals surface area contributed by atoms with E-state index in [0.717, 1.165) is 25.6 Å². The molecule has 2 unspecified atom stereocenters. The van der Waals surface area contributed by atoms with Gasteiger partial charge < -0.3 is 9.64 Å². The van der Waals surface area contributed by atoms with Crippen molar-refractivity contribution in [2.45, 2.75) is 40.0 Å². The molecule has 1 saturated heterocycles. The van der Waals surface area contributed by atoms with Crippen LogP contribution in [0.1, 0.15) is 40.0 Å². The Hall–Kier alpha value is -0.570. The van der Waals surface area contributed by atoms with Gasteiger partial charge in [-0.1, -0.05) is 13.8 Å². The number of esters is 1. The topological polar surface area (TPSA) is 29.5 Å². The molecular formula is C13H25NO2. The monoisotopic (exact) mass is 227 g/mol. The highest BCUT2D eigenvalue weighted by Crippen LogP contribution is 2.17. The maximum absolute atomic E-state index is 11.5. The molecule has 1 aliphatic rings. The van der Waals surface area contributed by atoms with Gasteiger partial charge in [0, 0.05) is 6.54 Å². The molecule has 0 aliphatic carbocycles. The second kappa shape index (κ2) is 6.89. The number of ether oxygens (including phenoxy) is 1. The summed E-state index contributed by atoms with van der Waals surface area (Å²) in [6, 6.07) is 0. The molecule has 0 amide bonds. The molecule has 16 heavy (non-hydrogen) atoms. The van der Waals surface area contributed by atoms with Gasteiger partial charge in [-0.15, -0.1) is 0 Å².